The predicted molar refractivity (Wildman–Crippen MR) is 81.7 cm³/mol. The van der Waals surface area contributed by atoms with Crippen LogP contribution in [0.1, 0.15) is 34.1 Å². The number of hydrogen-bond donors (Lipinski definition) is 0. The Morgan fingerprint density at radius 2 is 1.41 bits per heavy atom. The topological polar surface area (TPSA) is 18.5 Å². The zero-order valence-electron chi connectivity index (χ0n) is 12.9. The predicted octanol–water partition coefficient (Wildman–Crippen LogP) is 4.64. The van der Waals surface area contributed by atoms with Gasteiger partial charge in [-0.15, -0.1) is 0 Å². The summed E-state index contributed by atoms with van der Waals surface area (Å²) < 4.78 is 12.3. The molecule has 0 aromatic carbocycles. The maximum absolute atomic E-state index is 6.37. The standard InChI is InChI=1S/C13H32O2Si2/c1-8-17(9-2,10-3)15-13(4)11-12-14-16(5,6)7/h13H,8-12H2,1-7H3. The minimum absolute atomic E-state index is 0.359. The van der Waals surface area contributed by atoms with Gasteiger partial charge in [-0.1, -0.05) is 20.8 Å². The summed E-state index contributed by atoms with van der Waals surface area (Å²) in [5.41, 5.74) is 0. The summed E-state index contributed by atoms with van der Waals surface area (Å²) in [7, 11) is -2.77. The molecule has 0 aliphatic heterocycles. The molecule has 104 valence electrons. The van der Waals surface area contributed by atoms with Crippen molar-refractivity contribution in [1.29, 1.82) is 0 Å². The summed E-state index contributed by atoms with van der Waals surface area (Å²) in [4.78, 5) is 0. The molecule has 0 heterocycles. The van der Waals surface area contributed by atoms with Crippen LogP contribution >= 0.6 is 0 Å². The van der Waals surface area contributed by atoms with Crippen molar-refractivity contribution in [3.8, 4) is 0 Å². The van der Waals surface area contributed by atoms with E-state index in [1.54, 1.807) is 0 Å². The van der Waals surface area contributed by atoms with Gasteiger partial charge in [0.05, 0.1) is 0 Å². The highest BCUT2D eigenvalue weighted by molar-refractivity contribution is 6.73. The van der Waals surface area contributed by atoms with Gasteiger partial charge in [0, 0.05) is 12.7 Å². The van der Waals surface area contributed by atoms with Crippen molar-refractivity contribution >= 4 is 16.6 Å². The molecule has 0 N–H and O–H groups in total. The first-order chi connectivity index (χ1) is 7.78. The van der Waals surface area contributed by atoms with E-state index in [9.17, 15) is 0 Å². The van der Waals surface area contributed by atoms with Crippen LogP contribution in [0, 0.1) is 0 Å². The Morgan fingerprint density at radius 1 is 0.941 bits per heavy atom. The first-order valence-corrected chi connectivity index (χ1v) is 13.0. The number of rotatable bonds is 9. The van der Waals surface area contributed by atoms with E-state index in [2.05, 4.69) is 47.3 Å². The second kappa shape index (κ2) is 7.72. The van der Waals surface area contributed by atoms with Crippen LogP contribution in [0.2, 0.25) is 37.8 Å². The third-order valence-electron chi connectivity index (χ3n) is 3.44. The SMILES string of the molecule is CC[Si](CC)(CC)OC(C)CCO[Si](C)(C)C. The Labute approximate surface area is 110 Å². The lowest BCUT2D eigenvalue weighted by Gasteiger charge is -2.32. The molecule has 0 aliphatic carbocycles. The van der Waals surface area contributed by atoms with Crippen molar-refractivity contribution < 1.29 is 8.85 Å². The molecule has 0 spiro atoms. The lowest BCUT2D eigenvalue weighted by molar-refractivity contribution is 0.163. The molecule has 0 fully saturated rings. The van der Waals surface area contributed by atoms with Crippen LogP contribution < -0.4 is 0 Å². The summed E-state index contributed by atoms with van der Waals surface area (Å²) in [5, 5.41) is 0. The Bertz CT molecular complexity index is 190. The van der Waals surface area contributed by atoms with Gasteiger partial charge in [0.25, 0.3) is 0 Å². The lowest BCUT2D eigenvalue weighted by atomic mass is 10.3. The highest BCUT2D eigenvalue weighted by Gasteiger charge is 2.30. The zero-order chi connectivity index (χ0) is 13.5. The minimum atomic E-state index is -1.42. The van der Waals surface area contributed by atoms with Crippen LogP contribution in [0.5, 0.6) is 0 Å². The molecule has 0 aromatic heterocycles. The van der Waals surface area contributed by atoms with Gasteiger partial charge < -0.3 is 8.85 Å². The van der Waals surface area contributed by atoms with E-state index in [-0.39, 0.29) is 0 Å². The Hall–Kier alpha value is 0.354. The second-order valence-corrected chi connectivity index (χ2v) is 15.2. The van der Waals surface area contributed by atoms with Crippen molar-refractivity contribution in [2.24, 2.45) is 0 Å². The molecule has 4 heteroatoms. The van der Waals surface area contributed by atoms with Crippen molar-refractivity contribution in [3.05, 3.63) is 0 Å². The average molecular weight is 277 g/mol. The second-order valence-electron chi connectivity index (χ2n) is 5.92. The van der Waals surface area contributed by atoms with Crippen molar-refractivity contribution in [1.82, 2.24) is 0 Å². The molecule has 0 saturated carbocycles. The number of hydrogen-bond acceptors (Lipinski definition) is 2. The third-order valence-corrected chi connectivity index (χ3v) is 9.28. The molecular formula is C13H32O2Si2. The largest absolute Gasteiger partial charge is 0.418 e. The Balaban J connectivity index is 4.03. The average Bonchev–Trinajstić information content (AvgIpc) is 2.24. The quantitative estimate of drug-likeness (QED) is 0.571. The van der Waals surface area contributed by atoms with Crippen LogP contribution in [-0.2, 0) is 8.85 Å². The van der Waals surface area contributed by atoms with E-state index in [0.717, 1.165) is 13.0 Å². The van der Waals surface area contributed by atoms with E-state index in [1.807, 2.05) is 0 Å². The van der Waals surface area contributed by atoms with Crippen LogP contribution in [-0.4, -0.2) is 29.3 Å². The molecule has 17 heavy (non-hydrogen) atoms. The van der Waals surface area contributed by atoms with Crippen molar-refractivity contribution in [2.45, 2.75) is 78.0 Å². The van der Waals surface area contributed by atoms with Gasteiger partial charge >= 0.3 is 0 Å². The normalized spacial score (nSPS) is 15.0. The molecule has 0 saturated heterocycles. The maximum Gasteiger partial charge on any atom is 0.192 e. The summed E-state index contributed by atoms with van der Waals surface area (Å²) >= 11 is 0. The van der Waals surface area contributed by atoms with Gasteiger partial charge in [0.2, 0.25) is 0 Å². The zero-order valence-corrected chi connectivity index (χ0v) is 14.9. The molecule has 0 aliphatic rings. The molecular weight excluding hydrogens is 244 g/mol. The third kappa shape index (κ3) is 7.39. The van der Waals surface area contributed by atoms with Gasteiger partial charge in [0.15, 0.2) is 16.6 Å². The van der Waals surface area contributed by atoms with Crippen LogP contribution in [0.25, 0.3) is 0 Å². The van der Waals surface area contributed by atoms with Crippen molar-refractivity contribution in [2.75, 3.05) is 6.61 Å². The van der Waals surface area contributed by atoms with Crippen molar-refractivity contribution in [3.63, 3.8) is 0 Å². The Kier molecular flexibility index (Phi) is 7.88. The van der Waals surface area contributed by atoms with E-state index in [1.165, 1.54) is 18.1 Å². The van der Waals surface area contributed by atoms with Crippen LogP contribution in [0.15, 0.2) is 0 Å². The molecule has 1 unspecified atom stereocenters. The monoisotopic (exact) mass is 276 g/mol. The van der Waals surface area contributed by atoms with Gasteiger partial charge in [0.1, 0.15) is 0 Å². The van der Waals surface area contributed by atoms with E-state index < -0.39 is 16.6 Å². The summed E-state index contributed by atoms with van der Waals surface area (Å²) in [5.74, 6) is 0. The fourth-order valence-corrected chi connectivity index (χ4v) is 5.72. The van der Waals surface area contributed by atoms with Gasteiger partial charge in [-0.25, -0.2) is 0 Å². The summed E-state index contributed by atoms with van der Waals surface area (Å²) in [6.07, 6.45) is 1.40. The Morgan fingerprint density at radius 3 is 1.76 bits per heavy atom. The molecule has 0 amide bonds. The van der Waals surface area contributed by atoms with Crippen LogP contribution in [0.4, 0.5) is 0 Å². The first kappa shape index (κ1) is 17.4. The highest BCUT2D eigenvalue weighted by atomic mass is 28.4. The lowest BCUT2D eigenvalue weighted by Crippen LogP contribution is -2.39. The fourth-order valence-electron chi connectivity index (χ4n) is 2.02. The van der Waals surface area contributed by atoms with Gasteiger partial charge in [-0.2, -0.15) is 0 Å². The van der Waals surface area contributed by atoms with Gasteiger partial charge in [-0.3, -0.25) is 0 Å². The molecule has 0 bridgehead atoms. The first-order valence-electron chi connectivity index (χ1n) is 7.10. The van der Waals surface area contributed by atoms with E-state index in [4.69, 9.17) is 8.85 Å². The molecule has 0 aromatic rings. The molecule has 0 rings (SSSR count). The smallest absolute Gasteiger partial charge is 0.192 e. The van der Waals surface area contributed by atoms with Crippen LogP contribution in [0.3, 0.4) is 0 Å². The van der Waals surface area contributed by atoms with E-state index >= 15 is 0 Å². The maximum atomic E-state index is 6.37. The summed E-state index contributed by atoms with van der Waals surface area (Å²) in [6, 6.07) is 3.71. The summed E-state index contributed by atoms with van der Waals surface area (Å²) in [6.45, 7) is 16.6. The van der Waals surface area contributed by atoms with Gasteiger partial charge in [-0.05, 0) is 51.1 Å². The highest BCUT2D eigenvalue weighted by Crippen LogP contribution is 2.24. The fraction of sp³-hybridized carbons (Fsp3) is 1.00. The van der Waals surface area contributed by atoms with E-state index in [0.29, 0.717) is 6.10 Å². The molecule has 1 atom stereocenters. The molecule has 0 radical (unpaired) electrons. The molecule has 2 nitrogen and oxygen atoms in total. The minimum Gasteiger partial charge on any atom is -0.418 e.